The quantitative estimate of drug-likeness (QED) is 0.167. The minimum atomic E-state index is -0.510. The third-order valence-electron chi connectivity index (χ3n) is 15.1. The summed E-state index contributed by atoms with van der Waals surface area (Å²) in [5, 5.41) is 4.38. The number of hydrogen-bond acceptors (Lipinski definition) is 3. The molecule has 0 saturated heterocycles. The van der Waals surface area contributed by atoms with Crippen LogP contribution >= 0.6 is 0 Å². The zero-order valence-electron chi connectivity index (χ0n) is 36.5. The fourth-order valence-electron chi connectivity index (χ4n) is 12.2. The summed E-state index contributed by atoms with van der Waals surface area (Å²) in [7, 11) is 0. The Morgan fingerprint density at radius 3 is 1.77 bits per heavy atom. The van der Waals surface area contributed by atoms with Crippen molar-refractivity contribution in [2.45, 2.75) is 30.6 Å². The molecule has 3 aliphatic rings. The van der Waals surface area contributed by atoms with E-state index >= 15 is 0 Å². The van der Waals surface area contributed by atoms with Gasteiger partial charge in [-0.2, -0.15) is 0 Å². The van der Waals surface area contributed by atoms with Gasteiger partial charge in [-0.05, 0) is 112 Å². The fourth-order valence-corrected chi connectivity index (χ4v) is 12.2. The summed E-state index contributed by atoms with van der Waals surface area (Å²) in [5.41, 5.74) is 19.8. The fraction of sp³-hybridized carbons (Fsp3) is 0.0794. The SMILES string of the molecule is CC1(c2cccc3c2oc2cc(N(c4ccc5c(c4)C(c4ccccc4)(c4ccccc4)C4=C5CCC=C4)c4cccc5c4oc4ccccc45)ccc23)c2ccccc2-c2ccccc21. The number of benzene rings is 9. The van der Waals surface area contributed by atoms with E-state index in [1.807, 2.05) is 6.07 Å². The molecule has 312 valence electrons. The first kappa shape index (κ1) is 37.3. The summed E-state index contributed by atoms with van der Waals surface area (Å²) >= 11 is 0. The van der Waals surface area contributed by atoms with Crippen molar-refractivity contribution < 1.29 is 8.83 Å². The Labute approximate surface area is 383 Å². The van der Waals surface area contributed by atoms with E-state index in [4.69, 9.17) is 8.83 Å². The predicted octanol–water partition coefficient (Wildman–Crippen LogP) is 16.7. The molecule has 0 radical (unpaired) electrons. The van der Waals surface area contributed by atoms with Crippen LogP contribution in [0.25, 0.3) is 60.6 Å². The number of furan rings is 2. The van der Waals surface area contributed by atoms with E-state index in [1.54, 1.807) is 0 Å². The number of para-hydroxylation sites is 3. The van der Waals surface area contributed by atoms with Gasteiger partial charge in [0.2, 0.25) is 0 Å². The molecule has 66 heavy (non-hydrogen) atoms. The summed E-state index contributed by atoms with van der Waals surface area (Å²) in [5.74, 6) is 0. The van der Waals surface area contributed by atoms with Crippen LogP contribution in [0.5, 0.6) is 0 Å². The lowest BCUT2D eigenvalue weighted by molar-refractivity contribution is 0.637. The molecule has 3 nitrogen and oxygen atoms in total. The highest BCUT2D eigenvalue weighted by molar-refractivity contribution is 6.12. The Balaban J connectivity index is 1.02. The molecule has 0 amide bonds. The molecule has 2 heterocycles. The second-order valence-corrected chi connectivity index (χ2v) is 18.3. The molecular weight excluding hydrogens is 803 g/mol. The molecular formula is C63H43NO2. The zero-order chi connectivity index (χ0) is 43.6. The Bertz CT molecular complexity index is 3760. The number of hydrogen-bond donors (Lipinski definition) is 0. The molecule has 0 fully saturated rings. The molecule has 2 aromatic heterocycles. The number of rotatable bonds is 6. The topological polar surface area (TPSA) is 29.5 Å². The standard InChI is InChI=1S/C63H43NO2/c1-62(52-28-12-8-22-44(52)45-23-9-13-29-53(45)62)55-31-16-26-50-49-37-35-43(39-59(49)66-60(50)55)64(57-32-17-27-51-48-25-11-15-33-58(48)65-61(51)57)42-34-36-47-46-24-10-14-30-54(46)63(56(47)38-42,40-18-4-2-5-19-40)41-20-6-3-7-21-41/h2-9,11-23,25-39H,10,24H2,1H3. The average Bonchev–Trinajstić information content (AvgIpc) is 4.11. The van der Waals surface area contributed by atoms with Gasteiger partial charge < -0.3 is 13.7 Å². The van der Waals surface area contributed by atoms with Crippen molar-refractivity contribution in [3.8, 4) is 11.1 Å². The summed E-state index contributed by atoms with van der Waals surface area (Å²) < 4.78 is 14.1. The number of fused-ring (bicyclic) bond motifs is 11. The lowest BCUT2D eigenvalue weighted by Gasteiger charge is -2.36. The van der Waals surface area contributed by atoms with E-state index in [0.29, 0.717) is 0 Å². The maximum atomic E-state index is 7.21. The van der Waals surface area contributed by atoms with E-state index in [2.05, 4.69) is 224 Å². The van der Waals surface area contributed by atoms with Gasteiger partial charge in [0.15, 0.2) is 5.58 Å². The Hall–Kier alpha value is -8.14. The third kappa shape index (κ3) is 4.97. The van der Waals surface area contributed by atoms with Crippen LogP contribution < -0.4 is 4.90 Å². The first-order chi connectivity index (χ1) is 32.6. The lowest BCUT2D eigenvalue weighted by atomic mass is 9.66. The molecule has 0 saturated carbocycles. The molecule has 0 N–H and O–H groups in total. The number of allylic oxidation sites excluding steroid dienone is 4. The normalized spacial score (nSPS) is 15.3. The molecule has 0 unspecified atom stereocenters. The third-order valence-corrected chi connectivity index (χ3v) is 15.1. The van der Waals surface area contributed by atoms with Crippen molar-refractivity contribution in [1.82, 2.24) is 0 Å². The van der Waals surface area contributed by atoms with Crippen LogP contribution in [0.1, 0.15) is 58.7 Å². The maximum Gasteiger partial charge on any atom is 0.159 e. The molecule has 3 aliphatic carbocycles. The molecule has 0 bridgehead atoms. The van der Waals surface area contributed by atoms with Crippen LogP contribution in [0.15, 0.2) is 233 Å². The van der Waals surface area contributed by atoms with Crippen molar-refractivity contribution in [3.63, 3.8) is 0 Å². The monoisotopic (exact) mass is 845 g/mol. The van der Waals surface area contributed by atoms with Gasteiger partial charge in [0.25, 0.3) is 0 Å². The van der Waals surface area contributed by atoms with Crippen molar-refractivity contribution in [2.24, 2.45) is 0 Å². The Kier molecular flexibility index (Phi) is 7.86. The lowest BCUT2D eigenvalue weighted by Crippen LogP contribution is -2.29. The van der Waals surface area contributed by atoms with Gasteiger partial charge in [-0.1, -0.05) is 176 Å². The second-order valence-electron chi connectivity index (χ2n) is 18.3. The van der Waals surface area contributed by atoms with Gasteiger partial charge in [0.05, 0.1) is 16.8 Å². The van der Waals surface area contributed by atoms with Gasteiger partial charge in [0.1, 0.15) is 16.7 Å². The first-order valence-corrected chi connectivity index (χ1v) is 23.1. The second kappa shape index (κ2) is 13.9. The average molecular weight is 846 g/mol. The number of anilines is 3. The van der Waals surface area contributed by atoms with Gasteiger partial charge in [0, 0.05) is 44.3 Å². The molecule has 9 aromatic carbocycles. The first-order valence-electron chi connectivity index (χ1n) is 23.1. The molecule has 11 aromatic rings. The van der Waals surface area contributed by atoms with Gasteiger partial charge in [-0.3, -0.25) is 0 Å². The van der Waals surface area contributed by atoms with E-state index in [-0.39, 0.29) is 0 Å². The van der Waals surface area contributed by atoms with Crippen molar-refractivity contribution in [2.75, 3.05) is 4.90 Å². The molecule has 0 spiro atoms. The van der Waals surface area contributed by atoms with Crippen LogP contribution in [-0.2, 0) is 10.8 Å². The van der Waals surface area contributed by atoms with Crippen LogP contribution in [0.3, 0.4) is 0 Å². The molecule has 0 aliphatic heterocycles. The van der Waals surface area contributed by atoms with Gasteiger partial charge >= 0.3 is 0 Å². The van der Waals surface area contributed by atoms with E-state index in [1.165, 1.54) is 61.2 Å². The van der Waals surface area contributed by atoms with Crippen LogP contribution in [-0.4, -0.2) is 0 Å². The predicted molar refractivity (Wildman–Crippen MR) is 271 cm³/mol. The zero-order valence-corrected chi connectivity index (χ0v) is 36.5. The van der Waals surface area contributed by atoms with Crippen LogP contribution in [0.4, 0.5) is 17.1 Å². The maximum absolute atomic E-state index is 7.21. The van der Waals surface area contributed by atoms with E-state index < -0.39 is 10.8 Å². The van der Waals surface area contributed by atoms with Crippen LogP contribution in [0, 0.1) is 0 Å². The largest absolute Gasteiger partial charge is 0.456 e. The summed E-state index contributed by atoms with van der Waals surface area (Å²) in [6, 6.07) is 75.4. The molecule has 14 rings (SSSR count). The summed E-state index contributed by atoms with van der Waals surface area (Å²) in [6.07, 6.45) is 6.79. The summed E-state index contributed by atoms with van der Waals surface area (Å²) in [6.45, 7) is 2.36. The highest BCUT2D eigenvalue weighted by atomic mass is 16.3. The smallest absolute Gasteiger partial charge is 0.159 e. The van der Waals surface area contributed by atoms with Crippen molar-refractivity contribution in [1.29, 1.82) is 0 Å². The van der Waals surface area contributed by atoms with Crippen LogP contribution in [0.2, 0.25) is 0 Å². The van der Waals surface area contributed by atoms with Crippen molar-refractivity contribution >= 4 is 66.5 Å². The minimum Gasteiger partial charge on any atom is -0.456 e. The molecule has 3 heteroatoms. The Morgan fingerprint density at radius 2 is 1.02 bits per heavy atom. The van der Waals surface area contributed by atoms with E-state index in [0.717, 1.165) is 73.8 Å². The van der Waals surface area contributed by atoms with Gasteiger partial charge in [-0.25, -0.2) is 0 Å². The highest BCUT2D eigenvalue weighted by Crippen LogP contribution is 2.59. The highest BCUT2D eigenvalue weighted by Gasteiger charge is 2.48. The molecule has 0 atom stereocenters. The van der Waals surface area contributed by atoms with Gasteiger partial charge in [-0.15, -0.1) is 0 Å². The minimum absolute atomic E-state index is 0.400. The van der Waals surface area contributed by atoms with E-state index in [9.17, 15) is 0 Å². The number of nitrogens with zero attached hydrogens (tertiary/aromatic N) is 1. The summed E-state index contributed by atoms with van der Waals surface area (Å²) in [4.78, 5) is 2.39. The Morgan fingerprint density at radius 1 is 0.439 bits per heavy atom. The van der Waals surface area contributed by atoms with Crippen molar-refractivity contribution in [3.05, 3.63) is 263 Å².